The van der Waals surface area contributed by atoms with Gasteiger partial charge in [-0.15, -0.1) is 0 Å². The number of esters is 1. The summed E-state index contributed by atoms with van der Waals surface area (Å²) in [4.78, 5) is 26.7. The topological polar surface area (TPSA) is 64.4 Å². The van der Waals surface area contributed by atoms with Crippen molar-refractivity contribution in [2.75, 3.05) is 20.2 Å². The molecule has 1 fully saturated rings. The van der Waals surface area contributed by atoms with E-state index >= 15 is 0 Å². The Morgan fingerprint density at radius 3 is 2.68 bits per heavy atom. The monoisotopic (exact) mass is 403 g/mol. The van der Waals surface area contributed by atoms with Crippen molar-refractivity contribution in [2.45, 2.75) is 39.5 Å². The van der Waals surface area contributed by atoms with Crippen LogP contribution in [0.25, 0.3) is 5.69 Å². The zero-order chi connectivity index (χ0) is 20.4. The van der Waals surface area contributed by atoms with Gasteiger partial charge < -0.3 is 9.64 Å². The van der Waals surface area contributed by atoms with Gasteiger partial charge in [0.2, 0.25) is 0 Å². The molecule has 0 bridgehead atoms. The molecule has 0 N–H and O–H groups in total. The van der Waals surface area contributed by atoms with Crippen LogP contribution in [-0.2, 0) is 9.53 Å². The van der Waals surface area contributed by atoms with Crippen LogP contribution in [0.1, 0.15) is 54.2 Å². The van der Waals surface area contributed by atoms with E-state index in [9.17, 15) is 9.59 Å². The van der Waals surface area contributed by atoms with Gasteiger partial charge >= 0.3 is 5.97 Å². The lowest BCUT2D eigenvalue weighted by atomic mass is 10.1. The van der Waals surface area contributed by atoms with Crippen molar-refractivity contribution in [1.82, 2.24) is 14.7 Å². The second kappa shape index (κ2) is 8.35. The van der Waals surface area contributed by atoms with E-state index in [4.69, 9.17) is 16.3 Å². The Hall–Kier alpha value is -2.34. The standard InChI is InChI=1S/C21H26ClN3O3/c1-5-24(12-14(3)21(27)28-4)20(26)17-11-23-25(19(17)15-7-8-15)16-9-6-13(2)18(22)10-16/h6,9-11,14-15H,5,7-8,12H2,1-4H3. The molecule has 3 rings (SSSR count). The molecule has 0 saturated heterocycles. The van der Waals surface area contributed by atoms with Crippen molar-refractivity contribution in [3.63, 3.8) is 0 Å². The van der Waals surface area contributed by atoms with E-state index in [-0.39, 0.29) is 17.8 Å². The van der Waals surface area contributed by atoms with Crippen LogP contribution < -0.4 is 0 Å². The van der Waals surface area contributed by atoms with Crippen molar-refractivity contribution >= 4 is 23.5 Å². The Morgan fingerprint density at radius 1 is 1.39 bits per heavy atom. The molecule has 0 spiro atoms. The zero-order valence-corrected chi connectivity index (χ0v) is 17.5. The molecule has 1 aliphatic carbocycles. The second-order valence-corrected chi connectivity index (χ2v) is 7.74. The van der Waals surface area contributed by atoms with E-state index in [1.54, 1.807) is 18.0 Å². The van der Waals surface area contributed by atoms with E-state index in [0.717, 1.165) is 29.8 Å². The van der Waals surface area contributed by atoms with Gasteiger partial charge in [0.25, 0.3) is 5.91 Å². The molecule has 1 atom stereocenters. The summed E-state index contributed by atoms with van der Waals surface area (Å²) in [5, 5.41) is 5.18. The fourth-order valence-electron chi connectivity index (χ4n) is 3.32. The molecule has 1 amide bonds. The molecule has 0 aliphatic heterocycles. The number of halogens is 1. The third kappa shape index (κ3) is 4.07. The number of benzene rings is 1. The Morgan fingerprint density at radius 2 is 2.11 bits per heavy atom. The lowest BCUT2D eigenvalue weighted by Crippen LogP contribution is -2.37. The Balaban J connectivity index is 1.93. The molecule has 2 aromatic rings. The highest BCUT2D eigenvalue weighted by molar-refractivity contribution is 6.31. The summed E-state index contributed by atoms with van der Waals surface area (Å²) >= 11 is 6.29. The maximum absolute atomic E-state index is 13.2. The minimum Gasteiger partial charge on any atom is -0.469 e. The van der Waals surface area contributed by atoms with Gasteiger partial charge in [0.1, 0.15) is 0 Å². The number of hydrogen-bond donors (Lipinski definition) is 0. The molecule has 1 aromatic carbocycles. The predicted molar refractivity (Wildman–Crippen MR) is 108 cm³/mol. The fourth-order valence-corrected chi connectivity index (χ4v) is 3.50. The van der Waals surface area contributed by atoms with Gasteiger partial charge in [-0.05, 0) is 44.4 Å². The first kappa shape index (κ1) is 20.4. The highest BCUT2D eigenvalue weighted by atomic mass is 35.5. The second-order valence-electron chi connectivity index (χ2n) is 7.33. The van der Waals surface area contributed by atoms with Crippen LogP contribution in [0.5, 0.6) is 0 Å². The third-order valence-corrected chi connectivity index (χ3v) is 5.57. The number of aromatic nitrogens is 2. The van der Waals surface area contributed by atoms with Crippen molar-refractivity contribution in [2.24, 2.45) is 5.92 Å². The molecule has 28 heavy (non-hydrogen) atoms. The van der Waals surface area contributed by atoms with Crippen LogP contribution >= 0.6 is 11.6 Å². The molecule has 0 radical (unpaired) electrons. The summed E-state index contributed by atoms with van der Waals surface area (Å²) in [6, 6.07) is 5.79. The van der Waals surface area contributed by atoms with E-state index < -0.39 is 0 Å². The fraction of sp³-hybridized carbons (Fsp3) is 0.476. The predicted octanol–water partition coefficient (Wildman–Crippen LogP) is 3.98. The van der Waals surface area contributed by atoms with Crippen molar-refractivity contribution in [3.05, 3.63) is 46.2 Å². The number of amides is 1. The number of aryl methyl sites for hydroxylation is 1. The van der Waals surface area contributed by atoms with Crippen LogP contribution in [0.15, 0.2) is 24.4 Å². The largest absolute Gasteiger partial charge is 0.469 e. The van der Waals surface area contributed by atoms with Gasteiger partial charge in [-0.2, -0.15) is 5.10 Å². The molecule has 7 heteroatoms. The molecule has 1 aromatic heterocycles. The summed E-state index contributed by atoms with van der Waals surface area (Å²) in [5.74, 6) is -0.495. The average molecular weight is 404 g/mol. The molecule has 1 saturated carbocycles. The summed E-state index contributed by atoms with van der Waals surface area (Å²) in [6.07, 6.45) is 3.71. The number of carbonyl (C=O) groups is 2. The van der Waals surface area contributed by atoms with Gasteiger partial charge in [-0.3, -0.25) is 9.59 Å². The lowest BCUT2D eigenvalue weighted by Gasteiger charge is -2.23. The van der Waals surface area contributed by atoms with Crippen molar-refractivity contribution < 1.29 is 14.3 Å². The first-order valence-corrected chi connectivity index (χ1v) is 9.96. The SMILES string of the molecule is CCN(CC(C)C(=O)OC)C(=O)c1cnn(-c2ccc(C)c(Cl)c2)c1C1CC1. The van der Waals surface area contributed by atoms with E-state index in [0.29, 0.717) is 29.6 Å². The Kier molecular flexibility index (Phi) is 6.08. The van der Waals surface area contributed by atoms with Crippen LogP contribution in [-0.4, -0.2) is 46.8 Å². The highest BCUT2D eigenvalue weighted by Gasteiger charge is 2.34. The van der Waals surface area contributed by atoms with Crippen molar-refractivity contribution in [1.29, 1.82) is 0 Å². The summed E-state index contributed by atoms with van der Waals surface area (Å²) < 4.78 is 6.62. The van der Waals surface area contributed by atoms with E-state index in [2.05, 4.69) is 5.10 Å². The average Bonchev–Trinajstić information content (AvgIpc) is 3.44. The van der Waals surface area contributed by atoms with Gasteiger partial charge in [0.15, 0.2) is 0 Å². The number of hydrogen-bond acceptors (Lipinski definition) is 4. The molecule has 150 valence electrons. The summed E-state index contributed by atoms with van der Waals surface area (Å²) in [7, 11) is 1.36. The number of nitrogens with zero attached hydrogens (tertiary/aromatic N) is 3. The molecule has 1 heterocycles. The number of rotatable bonds is 7. The normalized spacial score (nSPS) is 14.6. The Bertz CT molecular complexity index is 889. The first-order chi connectivity index (χ1) is 13.4. The molecule has 1 unspecified atom stereocenters. The van der Waals surface area contributed by atoms with E-state index in [1.165, 1.54) is 7.11 Å². The maximum Gasteiger partial charge on any atom is 0.310 e. The quantitative estimate of drug-likeness (QED) is 0.656. The minimum atomic E-state index is -0.385. The number of methoxy groups -OCH3 is 1. The smallest absolute Gasteiger partial charge is 0.310 e. The van der Waals surface area contributed by atoms with Gasteiger partial charge in [-0.1, -0.05) is 24.6 Å². The van der Waals surface area contributed by atoms with E-state index in [1.807, 2.05) is 36.7 Å². The lowest BCUT2D eigenvalue weighted by molar-refractivity contribution is -0.145. The van der Waals surface area contributed by atoms with Crippen LogP contribution in [0.3, 0.4) is 0 Å². The molecular formula is C21H26ClN3O3. The Labute approximate surface area is 170 Å². The van der Waals surface area contributed by atoms with Gasteiger partial charge in [0.05, 0.1) is 36.2 Å². The van der Waals surface area contributed by atoms with Crippen LogP contribution in [0.4, 0.5) is 0 Å². The van der Waals surface area contributed by atoms with Crippen LogP contribution in [0, 0.1) is 12.8 Å². The molecular weight excluding hydrogens is 378 g/mol. The number of carbonyl (C=O) groups excluding carboxylic acids is 2. The van der Waals surface area contributed by atoms with Crippen LogP contribution in [0.2, 0.25) is 5.02 Å². The minimum absolute atomic E-state index is 0.107. The number of ether oxygens (including phenoxy) is 1. The van der Waals surface area contributed by atoms with Gasteiger partial charge in [0, 0.05) is 24.0 Å². The van der Waals surface area contributed by atoms with Gasteiger partial charge in [-0.25, -0.2) is 4.68 Å². The first-order valence-electron chi connectivity index (χ1n) is 9.58. The van der Waals surface area contributed by atoms with Crippen molar-refractivity contribution in [3.8, 4) is 5.69 Å². The third-order valence-electron chi connectivity index (χ3n) is 5.17. The summed E-state index contributed by atoms with van der Waals surface area (Å²) in [6.45, 7) is 6.44. The molecule has 6 nitrogen and oxygen atoms in total. The summed E-state index contributed by atoms with van der Waals surface area (Å²) in [5.41, 5.74) is 3.37. The molecule has 1 aliphatic rings. The maximum atomic E-state index is 13.2. The highest BCUT2D eigenvalue weighted by Crippen LogP contribution is 2.43. The zero-order valence-electron chi connectivity index (χ0n) is 16.7.